The maximum absolute atomic E-state index is 11.6. The Hall–Kier alpha value is -1.82. The molecule has 0 aromatic heterocycles. The summed E-state index contributed by atoms with van der Waals surface area (Å²) >= 11 is 3.26. The number of nitrogens with zero attached hydrogens (tertiary/aromatic N) is 1. The highest BCUT2D eigenvalue weighted by Gasteiger charge is 2.30. The zero-order valence-corrected chi connectivity index (χ0v) is 10.5. The summed E-state index contributed by atoms with van der Waals surface area (Å²) in [7, 11) is 1.39. The van der Waals surface area contributed by atoms with E-state index in [1.165, 1.54) is 19.2 Å². The summed E-state index contributed by atoms with van der Waals surface area (Å²) in [6.07, 6.45) is 1.43. The van der Waals surface area contributed by atoms with Gasteiger partial charge in [0.25, 0.3) is 5.91 Å². The summed E-state index contributed by atoms with van der Waals surface area (Å²) < 4.78 is 0.771. The number of rotatable bonds is 1. The fraction of sp³-hybridized carbons (Fsp3) is 0.0909. The molecule has 0 radical (unpaired) electrons. The fourth-order valence-corrected chi connectivity index (χ4v) is 1.80. The van der Waals surface area contributed by atoms with Gasteiger partial charge in [-0.1, -0.05) is 15.9 Å². The Labute approximate surface area is 106 Å². The minimum atomic E-state index is -0.476. The number of aromatic hydroxyl groups is 1. The number of nitrogens with one attached hydrogen (secondary N) is 1. The Balaban J connectivity index is 2.40. The summed E-state index contributed by atoms with van der Waals surface area (Å²) in [5.41, 5.74) is 0.601. The van der Waals surface area contributed by atoms with Crippen LogP contribution >= 0.6 is 15.9 Å². The summed E-state index contributed by atoms with van der Waals surface area (Å²) in [5.74, 6) is -0.383. The molecule has 5 nitrogen and oxygen atoms in total. The third-order valence-electron chi connectivity index (χ3n) is 2.37. The van der Waals surface area contributed by atoms with Gasteiger partial charge in [-0.2, -0.15) is 0 Å². The molecule has 0 aliphatic carbocycles. The second-order valence-electron chi connectivity index (χ2n) is 3.56. The van der Waals surface area contributed by atoms with Crippen molar-refractivity contribution in [3.63, 3.8) is 0 Å². The van der Waals surface area contributed by atoms with Crippen molar-refractivity contribution in [2.45, 2.75) is 0 Å². The molecule has 0 bridgehead atoms. The van der Waals surface area contributed by atoms with Crippen molar-refractivity contribution in [1.29, 1.82) is 0 Å². The highest BCUT2D eigenvalue weighted by atomic mass is 79.9. The number of halogens is 1. The first kappa shape index (κ1) is 11.7. The molecule has 0 atom stereocenters. The predicted molar refractivity (Wildman–Crippen MR) is 65.1 cm³/mol. The number of phenolic OH excluding ortho intramolecular Hbond substituents is 1. The summed E-state index contributed by atoms with van der Waals surface area (Å²) in [6, 6.07) is 4.36. The molecular formula is C11H9BrN2O3. The van der Waals surface area contributed by atoms with Gasteiger partial charge in [0.2, 0.25) is 0 Å². The number of amides is 3. The van der Waals surface area contributed by atoms with Gasteiger partial charge in [-0.05, 0) is 24.3 Å². The SMILES string of the molecule is CN1C(=O)N/C(=C/c2cc(Br)ccc2O)C1=O. The zero-order chi connectivity index (χ0) is 12.6. The zero-order valence-electron chi connectivity index (χ0n) is 8.90. The number of imide groups is 1. The normalized spacial score (nSPS) is 17.8. The smallest absolute Gasteiger partial charge is 0.328 e. The third-order valence-corrected chi connectivity index (χ3v) is 2.86. The molecule has 2 rings (SSSR count). The summed E-state index contributed by atoms with van der Waals surface area (Å²) in [5, 5.41) is 12.0. The number of hydrogen-bond donors (Lipinski definition) is 2. The van der Waals surface area contributed by atoms with Crippen LogP contribution in [0.1, 0.15) is 5.56 Å². The van der Waals surface area contributed by atoms with Gasteiger partial charge in [0.15, 0.2) is 0 Å². The van der Waals surface area contributed by atoms with Crippen LogP contribution in [-0.2, 0) is 4.79 Å². The molecule has 1 aliphatic heterocycles. The lowest BCUT2D eigenvalue weighted by Gasteiger charge is -2.01. The van der Waals surface area contributed by atoms with Gasteiger partial charge in [-0.25, -0.2) is 4.79 Å². The Kier molecular flexibility index (Phi) is 2.89. The van der Waals surface area contributed by atoms with Crippen LogP contribution in [0.25, 0.3) is 6.08 Å². The molecule has 0 saturated carbocycles. The number of benzene rings is 1. The quantitative estimate of drug-likeness (QED) is 0.612. The topological polar surface area (TPSA) is 69.6 Å². The molecule has 2 N–H and O–H groups in total. The summed E-state index contributed by atoms with van der Waals surface area (Å²) in [4.78, 5) is 23.8. The van der Waals surface area contributed by atoms with Gasteiger partial charge < -0.3 is 10.4 Å². The molecule has 0 unspecified atom stereocenters. The van der Waals surface area contributed by atoms with Gasteiger partial charge in [0.05, 0.1) is 0 Å². The first-order valence-corrected chi connectivity index (χ1v) is 5.57. The number of likely N-dealkylation sites (N-methyl/N-ethyl adjacent to an activating group) is 1. The van der Waals surface area contributed by atoms with E-state index in [9.17, 15) is 14.7 Å². The van der Waals surface area contributed by atoms with E-state index in [0.717, 1.165) is 9.37 Å². The second kappa shape index (κ2) is 4.21. The van der Waals surface area contributed by atoms with Crippen molar-refractivity contribution in [3.8, 4) is 5.75 Å². The van der Waals surface area contributed by atoms with Gasteiger partial charge in [-0.15, -0.1) is 0 Å². The van der Waals surface area contributed by atoms with E-state index < -0.39 is 11.9 Å². The van der Waals surface area contributed by atoms with Crippen LogP contribution in [0.4, 0.5) is 4.79 Å². The van der Waals surface area contributed by atoms with E-state index in [1.54, 1.807) is 12.1 Å². The van der Waals surface area contributed by atoms with Crippen LogP contribution in [0.5, 0.6) is 5.75 Å². The van der Waals surface area contributed by atoms with Crippen LogP contribution in [-0.4, -0.2) is 29.0 Å². The number of carbonyl (C=O) groups is 2. The van der Waals surface area contributed by atoms with Crippen molar-refractivity contribution in [2.24, 2.45) is 0 Å². The predicted octanol–water partition coefficient (Wildman–Crippen LogP) is 1.68. The van der Waals surface area contributed by atoms with Gasteiger partial charge in [0, 0.05) is 17.1 Å². The van der Waals surface area contributed by atoms with Crippen molar-refractivity contribution in [1.82, 2.24) is 10.2 Å². The molecule has 1 aromatic rings. The molecule has 3 amide bonds. The van der Waals surface area contributed by atoms with E-state index in [1.807, 2.05) is 0 Å². The molecule has 1 fully saturated rings. The number of phenols is 1. The van der Waals surface area contributed by atoms with Gasteiger partial charge in [0.1, 0.15) is 11.4 Å². The maximum atomic E-state index is 11.6. The van der Waals surface area contributed by atoms with Crippen molar-refractivity contribution in [2.75, 3.05) is 7.05 Å². The molecule has 88 valence electrons. The maximum Gasteiger partial charge on any atom is 0.328 e. The largest absolute Gasteiger partial charge is 0.507 e. The van der Waals surface area contributed by atoms with Crippen LogP contribution in [0.3, 0.4) is 0 Å². The standard InChI is InChI=1S/C11H9BrN2O3/c1-14-10(16)8(13-11(14)17)5-6-4-7(12)2-3-9(6)15/h2-5,15H,1H3,(H,13,17)/b8-5+. The molecule has 0 spiro atoms. The lowest BCUT2D eigenvalue weighted by molar-refractivity contribution is -0.121. The second-order valence-corrected chi connectivity index (χ2v) is 4.47. The lowest BCUT2D eigenvalue weighted by atomic mass is 10.1. The molecule has 1 aliphatic rings. The average Bonchev–Trinajstić information content (AvgIpc) is 2.52. The molecule has 1 saturated heterocycles. The molecule has 1 heterocycles. The third kappa shape index (κ3) is 2.16. The molecule has 1 aromatic carbocycles. The van der Waals surface area contributed by atoms with Crippen LogP contribution in [0, 0.1) is 0 Å². The van der Waals surface area contributed by atoms with E-state index in [-0.39, 0.29) is 11.4 Å². The highest BCUT2D eigenvalue weighted by Crippen LogP contribution is 2.24. The van der Waals surface area contributed by atoms with E-state index in [4.69, 9.17) is 0 Å². The first-order valence-electron chi connectivity index (χ1n) is 4.78. The van der Waals surface area contributed by atoms with Crippen molar-refractivity contribution >= 4 is 33.9 Å². The lowest BCUT2D eigenvalue weighted by Crippen LogP contribution is -2.25. The van der Waals surface area contributed by atoms with Crippen molar-refractivity contribution < 1.29 is 14.7 Å². The number of carbonyl (C=O) groups excluding carboxylic acids is 2. The minimum Gasteiger partial charge on any atom is -0.507 e. The number of urea groups is 1. The van der Waals surface area contributed by atoms with Crippen LogP contribution < -0.4 is 5.32 Å². The Morgan fingerprint density at radius 3 is 2.71 bits per heavy atom. The minimum absolute atomic E-state index is 0.0392. The Morgan fingerprint density at radius 1 is 1.41 bits per heavy atom. The molecular weight excluding hydrogens is 288 g/mol. The van der Waals surface area contributed by atoms with Crippen molar-refractivity contribution in [3.05, 3.63) is 33.9 Å². The van der Waals surface area contributed by atoms with Gasteiger partial charge in [-0.3, -0.25) is 9.69 Å². The van der Waals surface area contributed by atoms with E-state index in [2.05, 4.69) is 21.2 Å². The van der Waals surface area contributed by atoms with Gasteiger partial charge >= 0.3 is 6.03 Å². The molecule has 6 heteroatoms. The summed E-state index contributed by atoms with van der Waals surface area (Å²) in [6.45, 7) is 0. The monoisotopic (exact) mass is 296 g/mol. The van der Waals surface area contributed by atoms with Crippen LogP contribution in [0.15, 0.2) is 28.4 Å². The van der Waals surface area contributed by atoms with Crippen LogP contribution in [0.2, 0.25) is 0 Å². The molecule has 17 heavy (non-hydrogen) atoms. The van der Waals surface area contributed by atoms with E-state index >= 15 is 0 Å². The highest BCUT2D eigenvalue weighted by molar-refractivity contribution is 9.10. The average molecular weight is 297 g/mol. The Morgan fingerprint density at radius 2 is 2.12 bits per heavy atom. The fourth-order valence-electron chi connectivity index (χ4n) is 1.42. The van der Waals surface area contributed by atoms with E-state index in [0.29, 0.717) is 5.56 Å². The number of hydrogen-bond acceptors (Lipinski definition) is 3. The first-order chi connectivity index (χ1) is 7.99. The Bertz CT molecular complexity index is 540.